The van der Waals surface area contributed by atoms with Crippen molar-refractivity contribution in [1.29, 1.82) is 0 Å². The first-order valence-electron chi connectivity index (χ1n) is 18.9. The van der Waals surface area contributed by atoms with Gasteiger partial charge in [-0.15, -0.1) is 0 Å². The normalized spacial score (nSPS) is 14.8. The Labute approximate surface area is 315 Å². The number of benzene rings is 8. The van der Waals surface area contributed by atoms with E-state index in [2.05, 4.69) is 199 Å². The first kappa shape index (κ1) is 32.0. The zero-order chi connectivity index (χ0) is 36.0. The van der Waals surface area contributed by atoms with Crippen molar-refractivity contribution in [2.45, 2.75) is 25.9 Å². The summed E-state index contributed by atoms with van der Waals surface area (Å²) in [7, 11) is 0. The quantitative estimate of drug-likeness (QED) is 0.185. The maximum absolute atomic E-state index is 5.59. The molecule has 0 radical (unpaired) electrons. The van der Waals surface area contributed by atoms with Crippen LogP contribution in [0, 0.1) is 0 Å². The summed E-state index contributed by atoms with van der Waals surface area (Å²) < 4.78 is 2.41. The van der Waals surface area contributed by atoms with Gasteiger partial charge < -0.3 is 9.88 Å². The minimum Gasteiger partial charge on any atom is -0.360 e. The maximum atomic E-state index is 5.59. The first-order chi connectivity index (χ1) is 26.7. The molecule has 54 heavy (non-hydrogen) atoms. The lowest BCUT2D eigenvalue weighted by Crippen LogP contribution is -2.19. The van der Waals surface area contributed by atoms with Crippen LogP contribution in [0.2, 0.25) is 0 Å². The fraction of sp³-hybridized carbons (Fsp3) is 0.0784. The highest BCUT2D eigenvalue weighted by molar-refractivity contribution is 6.21. The van der Waals surface area contributed by atoms with Gasteiger partial charge in [-0.2, -0.15) is 0 Å². The summed E-state index contributed by atoms with van der Waals surface area (Å²) in [6, 6.07) is 65.9. The van der Waals surface area contributed by atoms with Gasteiger partial charge >= 0.3 is 0 Å². The third kappa shape index (κ3) is 5.48. The number of fused-ring (bicyclic) bond motifs is 6. The molecular weight excluding hydrogens is 655 g/mol. The summed E-state index contributed by atoms with van der Waals surface area (Å²) in [6.07, 6.45) is 1.45. The molecule has 8 aromatic carbocycles. The Morgan fingerprint density at radius 1 is 0.556 bits per heavy atom. The summed E-state index contributed by atoms with van der Waals surface area (Å²) >= 11 is 0. The molecule has 3 heteroatoms. The number of nitrogens with zero attached hydrogens (tertiary/aromatic N) is 2. The molecule has 258 valence electrons. The number of aliphatic imine (C=N–C) groups is 1. The van der Waals surface area contributed by atoms with Crippen LogP contribution in [0.4, 0.5) is 0 Å². The number of para-hydroxylation sites is 1. The highest BCUT2D eigenvalue weighted by atomic mass is 15.1. The van der Waals surface area contributed by atoms with Crippen LogP contribution in [0.1, 0.15) is 42.6 Å². The SMILES string of the molecule is CCC1=C(c2ccccc2)NC(c2ccccc2)N=C(c2cc3ccccc3cc2-c2ccc(-n3c4ccccc4c4c5ccccc5ccc43)cc2)C1. The molecule has 1 N–H and O–H groups in total. The molecule has 1 unspecified atom stereocenters. The topological polar surface area (TPSA) is 29.3 Å². The van der Waals surface area contributed by atoms with Gasteiger partial charge in [-0.05, 0) is 92.2 Å². The highest BCUT2D eigenvalue weighted by Gasteiger charge is 2.24. The largest absolute Gasteiger partial charge is 0.360 e. The standard InChI is InChI=1S/C51H39N3/c1-2-34-33-46(52-51(38-18-7-4-8-19-38)53-50(34)37-16-5-3-6-17-37)45-32-40-21-10-9-20-39(40)31-44(45)36-25-28-41(29-26-36)54-47-24-14-13-23-43(47)49-42-22-12-11-15-35(42)27-30-48(49)54/h3-32,51,53H,2,33H2,1H3. The molecule has 0 amide bonds. The lowest BCUT2D eigenvalue weighted by atomic mass is 9.89. The molecule has 10 rings (SSSR count). The molecule has 0 bridgehead atoms. The number of allylic oxidation sites excluding steroid dienone is 1. The van der Waals surface area contributed by atoms with Crippen LogP contribution in [-0.2, 0) is 0 Å². The van der Waals surface area contributed by atoms with Crippen molar-refractivity contribution in [3.05, 3.63) is 204 Å². The average molecular weight is 694 g/mol. The van der Waals surface area contributed by atoms with Crippen molar-refractivity contribution in [2.75, 3.05) is 0 Å². The highest BCUT2D eigenvalue weighted by Crippen LogP contribution is 2.39. The third-order valence-electron chi connectivity index (χ3n) is 11.1. The van der Waals surface area contributed by atoms with Gasteiger partial charge in [-0.1, -0.05) is 153 Å². The van der Waals surface area contributed by atoms with E-state index in [1.807, 2.05) is 0 Å². The minimum absolute atomic E-state index is 0.228. The Kier molecular flexibility index (Phi) is 7.91. The molecular formula is C51H39N3. The minimum atomic E-state index is -0.228. The zero-order valence-electron chi connectivity index (χ0n) is 30.2. The molecule has 1 aliphatic heterocycles. The van der Waals surface area contributed by atoms with Crippen molar-refractivity contribution < 1.29 is 0 Å². The van der Waals surface area contributed by atoms with E-state index in [9.17, 15) is 0 Å². The summed E-state index contributed by atoms with van der Waals surface area (Å²) in [6.45, 7) is 2.26. The van der Waals surface area contributed by atoms with Gasteiger partial charge in [0.1, 0.15) is 6.17 Å². The van der Waals surface area contributed by atoms with Crippen LogP contribution in [0.5, 0.6) is 0 Å². The predicted molar refractivity (Wildman–Crippen MR) is 228 cm³/mol. The molecule has 0 fully saturated rings. The van der Waals surface area contributed by atoms with Crippen LogP contribution >= 0.6 is 0 Å². The molecule has 0 aliphatic carbocycles. The van der Waals surface area contributed by atoms with Crippen molar-refractivity contribution in [1.82, 2.24) is 9.88 Å². The van der Waals surface area contributed by atoms with Crippen LogP contribution < -0.4 is 5.32 Å². The van der Waals surface area contributed by atoms with E-state index in [4.69, 9.17) is 4.99 Å². The summed E-state index contributed by atoms with van der Waals surface area (Å²) in [5.74, 6) is 0. The number of hydrogen-bond donors (Lipinski definition) is 1. The van der Waals surface area contributed by atoms with E-state index in [0.29, 0.717) is 0 Å². The summed E-state index contributed by atoms with van der Waals surface area (Å²) in [5.41, 5.74) is 13.1. The number of aromatic nitrogens is 1. The Balaban J connectivity index is 1.14. The lowest BCUT2D eigenvalue weighted by molar-refractivity contribution is 0.671. The van der Waals surface area contributed by atoms with E-state index in [1.54, 1.807) is 0 Å². The van der Waals surface area contributed by atoms with Gasteiger partial charge in [0.2, 0.25) is 0 Å². The molecule has 0 spiro atoms. The molecule has 1 aliphatic rings. The summed E-state index contributed by atoms with van der Waals surface area (Å²) in [5, 5.41) is 11.4. The van der Waals surface area contributed by atoms with Crippen LogP contribution in [0.3, 0.4) is 0 Å². The van der Waals surface area contributed by atoms with Crippen LogP contribution in [-0.4, -0.2) is 10.3 Å². The van der Waals surface area contributed by atoms with Crippen molar-refractivity contribution in [3.8, 4) is 16.8 Å². The predicted octanol–water partition coefficient (Wildman–Crippen LogP) is 13.1. The van der Waals surface area contributed by atoms with Crippen molar-refractivity contribution in [3.63, 3.8) is 0 Å². The molecule has 3 nitrogen and oxygen atoms in total. The Morgan fingerprint density at radius 2 is 1.19 bits per heavy atom. The van der Waals surface area contributed by atoms with E-state index in [-0.39, 0.29) is 6.17 Å². The maximum Gasteiger partial charge on any atom is 0.145 e. The van der Waals surface area contributed by atoms with E-state index >= 15 is 0 Å². The zero-order valence-corrected chi connectivity index (χ0v) is 30.2. The Morgan fingerprint density at radius 3 is 1.93 bits per heavy atom. The first-order valence-corrected chi connectivity index (χ1v) is 18.9. The number of nitrogens with one attached hydrogen (secondary N) is 1. The summed E-state index contributed by atoms with van der Waals surface area (Å²) in [4.78, 5) is 5.59. The monoisotopic (exact) mass is 693 g/mol. The number of hydrogen-bond acceptors (Lipinski definition) is 2. The number of rotatable bonds is 6. The fourth-order valence-corrected chi connectivity index (χ4v) is 8.44. The van der Waals surface area contributed by atoms with Crippen molar-refractivity contribution >= 4 is 54.8 Å². The van der Waals surface area contributed by atoms with Gasteiger partial charge in [-0.3, -0.25) is 4.99 Å². The average Bonchev–Trinajstić information content (AvgIpc) is 3.46. The Bertz CT molecular complexity index is 2900. The van der Waals surface area contributed by atoms with Gasteiger partial charge in [0, 0.05) is 39.9 Å². The van der Waals surface area contributed by atoms with Crippen LogP contribution in [0.15, 0.2) is 193 Å². The molecule has 9 aromatic rings. The second-order valence-electron chi connectivity index (χ2n) is 14.2. The lowest BCUT2D eigenvalue weighted by Gasteiger charge is -2.20. The van der Waals surface area contributed by atoms with Crippen LogP contribution in [0.25, 0.3) is 65.9 Å². The van der Waals surface area contributed by atoms with E-state index in [1.165, 1.54) is 76.9 Å². The fourth-order valence-electron chi connectivity index (χ4n) is 8.44. The van der Waals surface area contributed by atoms with Gasteiger partial charge in [0.25, 0.3) is 0 Å². The molecule has 0 saturated heterocycles. The smallest absolute Gasteiger partial charge is 0.145 e. The molecule has 0 saturated carbocycles. The second-order valence-corrected chi connectivity index (χ2v) is 14.2. The molecule has 1 atom stereocenters. The van der Waals surface area contributed by atoms with E-state index < -0.39 is 0 Å². The van der Waals surface area contributed by atoms with Crippen molar-refractivity contribution in [2.24, 2.45) is 4.99 Å². The van der Waals surface area contributed by atoms with Gasteiger partial charge in [-0.25, -0.2) is 0 Å². The third-order valence-corrected chi connectivity index (χ3v) is 11.1. The second kappa shape index (κ2) is 13.4. The molecule has 2 heterocycles. The van der Waals surface area contributed by atoms with E-state index in [0.717, 1.165) is 29.8 Å². The molecule has 1 aromatic heterocycles. The van der Waals surface area contributed by atoms with Gasteiger partial charge in [0.05, 0.1) is 11.0 Å². The Hall–Kier alpha value is -6.71. The van der Waals surface area contributed by atoms with Gasteiger partial charge in [0.15, 0.2) is 0 Å².